The van der Waals surface area contributed by atoms with Crippen LogP contribution in [0.4, 0.5) is 0 Å². The Morgan fingerprint density at radius 1 is 1.42 bits per heavy atom. The van der Waals surface area contributed by atoms with Gasteiger partial charge in [0.1, 0.15) is 0 Å². The summed E-state index contributed by atoms with van der Waals surface area (Å²) >= 11 is 0. The Bertz CT molecular complexity index is 473. The summed E-state index contributed by atoms with van der Waals surface area (Å²) in [6.45, 7) is 1.68. The number of hydrogen-bond acceptors (Lipinski definition) is 3. The zero-order valence-corrected chi connectivity index (χ0v) is 11.6. The molecule has 1 saturated heterocycles. The van der Waals surface area contributed by atoms with E-state index in [1.807, 2.05) is 11.9 Å². The van der Waals surface area contributed by atoms with Gasteiger partial charge in [0.15, 0.2) is 0 Å². The third-order valence-corrected chi connectivity index (χ3v) is 4.87. The van der Waals surface area contributed by atoms with Gasteiger partial charge in [0, 0.05) is 38.9 Å². The second-order valence-electron chi connectivity index (χ2n) is 5.82. The molecule has 1 amide bonds. The Kier molecular flexibility index (Phi) is 3.09. The highest BCUT2D eigenvalue weighted by atomic mass is 16.5. The van der Waals surface area contributed by atoms with Crippen molar-refractivity contribution < 1.29 is 9.53 Å². The molecule has 5 nitrogen and oxygen atoms in total. The van der Waals surface area contributed by atoms with Crippen molar-refractivity contribution in [2.45, 2.75) is 31.8 Å². The number of methoxy groups -OCH3 is 1. The Morgan fingerprint density at radius 3 is 2.63 bits per heavy atom. The third kappa shape index (κ3) is 2.06. The fourth-order valence-electron chi connectivity index (χ4n) is 3.48. The minimum absolute atomic E-state index is 0.108. The summed E-state index contributed by atoms with van der Waals surface area (Å²) in [7, 11) is 3.64. The van der Waals surface area contributed by atoms with Gasteiger partial charge in [0.25, 0.3) is 5.91 Å². The SMILES string of the molecule is COC1CCC12CCN(C(=O)c1cnn(C)c1)CC2. The number of carbonyl (C=O) groups excluding carboxylic acids is 1. The number of carbonyl (C=O) groups is 1. The molecule has 1 aliphatic heterocycles. The summed E-state index contributed by atoms with van der Waals surface area (Å²) in [5, 5.41) is 4.06. The number of aryl methyl sites for hydroxylation is 1. The minimum atomic E-state index is 0.108. The number of piperidine rings is 1. The molecule has 0 bridgehead atoms. The summed E-state index contributed by atoms with van der Waals surface area (Å²) in [5.41, 5.74) is 1.04. The van der Waals surface area contributed by atoms with Gasteiger partial charge in [-0.05, 0) is 25.7 Å². The van der Waals surface area contributed by atoms with E-state index in [-0.39, 0.29) is 5.91 Å². The molecule has 0 radical (unpaired) electrons. The van der Waals surface area contributed by atoms with Crippen LogP contribution >= 0.6 is 0 Å². The number of rotatable bonds is 2. The van der Waals surface area contributed by atoms with Gasteiger partial charge in [0.2, 0.25) is 0 Å². The first-order chi connectivity index (χ1) is 9.14. The molecule has 3 rings (SSSR count). The minimum Gasteiger partial charge on any atom is -0.381 e. The van der Waals surface area contributed by atoms with Gasteiger partial charge < -0.3 is 9.64 Å². The predicted molar refractivity (Wildman–Crippen MR) is 70.8 cm³/mol. The Hall–Kier alpha value is -1.36. The summed E-state index contributed by atoms with van der Waals surface area (Å²) in [4.78, 5) is 14.3. The van der Waals surface area contributed by atoms with Crippen molar-refractivity contribution in [2.75, 3.05) is 20.2 Å². The highest BCUT2D eigenvalue weighted by Gasteiger charge is 2.48. The molecular weight excluding hydrogens is 242 g/mol. The van der Waals surface area contributed by atoms with E-state index in [1.165, 1.54) is 12.8 Å². The van der Waals surface area contributed by atoms with Crippen molar-refractivity contribution in [2.24, 2.45) is 12.5 Å². The second-order valence-corrected chi connectivity index (χ2v) is 5.82. The van der Waals surface area contributed by atoms with Gasteiger partial charge in [-0.15, -0.1) is 0 Å². The van der Waals surface area contributed by atoms with Crippen LogP contribution in [0.1, 0.15) is 36.0 Å². The molecule has 1 aromatic heterocycles. The number of amides is 1. The lowest BCUT2D eigenvalue weighted by Crippen LogP contribution is -2.53. The second kappa shape index (κ2) is 4.63. The third-order valence-electron chi connectivity index (χ3n) is 4.87. The number of nitrogens with zero attached hydrogens (tertiary/aromatic N) is 3. The van der Waals surface area contributed by atoms with Crippen LogP contribution in [0.5, 0.6) is 0 Å². The smallest absolute Gasteiger partial charge is 0.257 e. The van der Waals surface area contributed by atoms with Crippen molar-refractivity contribution in [1.82, 2.24) is 14.7 Å². The molecule has 1 saturated carbocycles. The monoisotopic (exact) mass is 263 g/mol. The van der Waals surface area contributed by atoms with Crippen LogP contribution < -0.4 is 0 Å². The highest BCUT2D eigenvalue weighted by molar-refractivity contribution is 5.93. The zero-order chi connectivity index (χ0) is 13.5. The maximum Gasteiger partial charge on any atom is 0.257 e. The van der Waals surface area contributed by atoms with Gasteiger partial charge in [-0.2, -0.15) is 5.10 Å². The van der Waals surface area contributed by atoms with Crippen LogP contribution in [-0.2, 0) is 11.8 Å². The van der Waals surface area contributed by atoms with Gasteiger partial charge in [-0.1, -0.05) is 0 Å². The van der Waals surface area contributed by atoms with E-state index in [0.717, 1.165) is 25.9 Å². The fourth-order valence-corrected chi connectivity index (χ4v) is 3.48. The van der Waals surface area contributed by atoms with Crippen LogP contribution in [0.3, 0.4) is 0 Å². The number of aromatic nitrogens is 2. The van der Waals surface area contributed by atoms with E-state index >= 15 is 0 Å². The molecule has 1 unspecified atom stereocenters. The Labute approximate surface area is 113 Å². The quantitative estimate of drug-likeness (QED) is 0.811. The van der Waals surface area contributed by atoms with Gasteiger partial charge in [-0.3, -0.25) is 9.48 Å². The van der Waals surface area contributed by atoms with E-state index in [0.29, 0.717) is 17.1 Å². The van der Waals surface area contributed by atoms with Crippen LogP contribution in [0.15, 0.2) is 12.4 Å². The molecule has 104 valence electrons. The van der Waals surface area contributed by atoms with Gasteiger partial charge >= 0.3 is 0 Å². The first kappa shape index (κ1) is 12.7. The van der Waals surface area contributed by atoms with E-state index in [2.05, 4.69) is 5.10 Å². The van der Waals surface area contributed by atoms with Crippen molar-refractivity contribution in [3.63, 3.8) is 0 Å². The van der Waals surface area contributed by atoms with Gasteiger partial charge in [0.05, 0.1) is 17.9 Å². The molecule has 1 atom stereocenters. The molecule has 0 aromatic carbocycles. The summed E-state index contributed by atoms with van der Waals surface area (Å²) in [6, 6.07) is 0. The Morgan fingerprint density at radius 2 is 2.16 bits per heavy atom. The van der Waals surface area contributed by atoms with Crippen molar-refractivity contribution in [3.8, 4) is 0 Å². The molecule has 2 heterocycles. The van der Waals surface area contributed by atoms with Crippen LogP contribution in [-0.4, -0.2) is 46.9 Å². The van der Waals surface area contributed by atoms with E-state index < -0.39 is 0 Å². The highest BCUT2D eigenvalue weighted by Crippen LogP contribution is 2.50. The number of likely N-dealkylation sites (tertiary alicyclic amines) is 1. The van der Waals surface area contributed by atoms with Crippen molar-refractivity contribution in [3.05, 3.63) is 18.0 Å². The van der Waals surface area contributed by atoms with Crippen LogP contribution in [0.25, 0.3) is 0 Å². The maximum atomic E-state index is 12.3. The molecule has 2 fully saturated rings. The fraction of sp³-hybridized carbons (Fsp3) is 0.714. The molecule has 2 aliphatic rings. The van der Waals surface area contributed by atoms with Crippen LogP contribution in [0, 0.1) is 5.41 Å². The maximum absolute atomic E-state index is 12.3. The molecule has 0 N–H and O–H groups in total. The molecule has 1 aliphatic carbocycles. The lowest BCUT2D eigenvalue weighted by molar-refractivity contribution is -0.116. The number of ether oxygens (including phenoxy) is 1. The number of hydrogen-bond donors (Lipinski definition) is 0. The van der Waals surface area contributed by atoms with E-state index in [1.54, 1.807) is 24.2 Å². The Balaban J connectivity index is 1.63. The van der Waals surface area contributed by atoms with Crippen molar-refractivity contribution in [1.29, 1.82) is 0 Å². The molecule has 5 heteroatoms. The normalized spacial score (nSPS) is 25.4. The molecule has 1 aromatic rings. The average molecular weight is 263 g/mol. The molecule has 1 spiro atoms. The standard InChI is InChI=1S/C14H21N3O2/c1-16-10-11(9-15-16)13(18)17-7-5-14(6-8-17)4-3-12(14)19-2/h9-10,12H,3-8H2,1-2H3. The topological polar surface area (TPSA) is 47.4 Å². The van der Waals surface area contributed by atoms with E-state index in [9.17, 15) is 4.79 Å². The zero-order valence-electron chi connectivity index (χ0n) is 11.6. The summed E-state index contributed by atoms with van der Waals surface area (Å²) in [5.74, 6) is 0.108. The van der Waals surface area contributed by atoms with Crippen molar-refractivity contribution >= 4 is 5.91 Å². The average Bonchev–Trinajstić information content (AvgIpc) is 2.84. The van der Waals surface area contributed by atoms with Gasteiger partial charge in [-0.25, -0.2) is 0 Å². The first-order valence-corrected chi connectivity index (χ1v) is 6.95. The summed E-state index contributed by atoms with van der Waals surface area (Å²) in [6.07, 6.45) is 8.40. The lowest BCUT2D eigenvalue weighted by Gasteiger charge is -2.53. The summed E-state index contributed by atoms with van der Waals surface area (Å²) < 4.78 is 7.22. The van der Waals surface area contributed by atoms with Crippen LogP contribution in [0.2, 0.25) is 0 Å². The molecular formula is C14H21N3O2. The van der Waals surface area contributed by atoms with E-state index in [4.69, 9.17) is 4.74 Å². The largest absolute Gasteiger partial charge is 0.381 e. The lowest BCUT2D eigenvalue weighted by atomic mass is 9.61. The predicted octanol–water partition coefficient (Wildman–Crippen LogP) is 1.45. The first-order valence-electron chi connectivity index (χ1n) is 6.95. The molecule has 19 heavy (non-hydrogen) atoms.